The lowest BCUT2D eigenvalue weighted by atomic mass is 10.1. The predicted octanol–water partition coefficient (Wildman–Crippen LogP) is 5.43. The van der Waals surface area contributed by atoms with Crippen LogP contribution in [0.15, 0.2) is 60.9 Å². The zero-order valence-corrected chi connectivity index (χ0v) is 20.8. The number of likely N-dealkylation sites (N-methyl/N-ethyl adjacent to an activating group) is 1. The van der Waals surface area contributed by atoms with Gasteiger partial charge in [0.2, 0.25) is 5.91 Å². The summed E-state index contributed by atoms with van der Waals surface area (Å²) >= 11 is 0. The van der Waals surface area contributed by atoms with Gasteiger partial charge in [-0.25, -0.2) is 9.97 Å². The van der Waals surface area contributed by atoms with E-state index < -0.39 is 0 Å². The van der Waals surface area contributed by atoms with Crippen LogP contribution in [0.3, 0.4) is 0 Å². The summed E-state index contributed by atoms with van der Waals surface area (Å²) < 4.78 is 6.11. The van der Waals surface area contributed by atoms with Crippen LogP contribution < -0.4 is 15.4 Å². The highest BCUT2D eigenvalue weighted by Gasteiger charge is 2.23. The first-order chi connectivity index (χ1) is 17.1. The lowest BCUT2D eigenvalue weighted by Gasteiger charge is -2.18. The highest BCUT2D eigenvalue weighted by atomic mass is 16.5. The smallest absolute Gasteiger partial charge is 0.248 e. The van der Waals surface area contributed by atoms with Crippen molar-refractivity contribution in [2.24, 2.45) is 5.92 Å². The summed E-state index contributed by atoms with van der Waals surface area (Å²) in [4.78, 5) is 24.0. The van der Waals surface area contributed by atoms with E-state index >= 15 is 0 Å². The molecule has 0 bridgehead atoms. The molecule has 1 amide bonds. The van der Waals surface area contributed by atoms with Gasteiger partial charge in [-0.05, 0) is 50.4 Å². The molecule has 4 rings (SSSR count). The van der Waals surface area contributed by atoms with E-state index in [9.17, 15) is 4.79 Å². The summed E-state index contributed by atoms with van der Waals surface area (Å²) in [6.07, 6.45) is 7.42. The third-order valence-electron chi connectivity index (χ3n) is 6.35. The molecule has 184 valence electrons. The van der Waals surface area contributed by atoms with Gasteiger partial charge in [0, 0.05) is 30.1 Å². The predicted molar refractivity (Wildman–Crippen MR) is 142 cm³/mol. The number of anilines is 2. The average Bonchev–Trinajstić information content (AvgIpc) is 3.71. The van der Waals surface area contributed by atoms with Gasteiger partial charge in [-0.3, -0.25) is 4.79 Å². The van der Waals surface area contributed by atoms with Crippen LogP contribution in [-0.4, -0.2) is 47.0 Å². The third-order valence-corrected chi connectivity index (χ3v) is 6.35. The quantitative estimate of drug-likeness (QED) is 0.342. The van der Waals surface area contributed by atoms with E-state index in [1.807, 2.05) is 36.4 Å². The van der Waals surface area contributed by atoms with Gasteiger partial charge >= 0.3 is 0 Å². The molecular formula is C28H35N5O2. The van der Waals surface area contributed by atoms with Crippen LogP contribution in [0.25, 0.3) is 10.9 Å². The molecule has 2 N–H and O–H groups in total. The normalized spacial score (nSPS) is 14.4. The van der Waals surface area contributed by atoms with Crippen molar-refractivity contribution >= 4 is 28.3 Å². The van der Waals surface area contributed by atoms with Crippen LogP contribution in [0.5, 0.6) is 5.75 Å². The second kappa shape index (κ2) is 11.8. The number of benzene rings is 2. The van der Waals surface area contributed by atoms with Gasteiger partial charge in [0.1, 0.15) is 17.9 Å². The molecule has 0 radical (unpaired) electrons. The van der Waals surface area contributed by atoms with Crippen molar-refractivity contribution in [2.45, 2.75) is 39.7 Å². The summed E-state index contributed by atoms with van der Waals surface area (Å²) in [5.74, 6) is 1.76. The van der Waals surface area contributed by atoms with Crippen molar-refractivity contribution in [3.8, 4) is 5.75 Å². The van der Waals surface area contributed by atoms with Crippen molar-refractivity contribution in [3.63, 3.8) is 0 Å². The van der Waals surface area contributed by atoms with Crippen molar-refractivity contribution in [2.75, 3.05) is 36.9 Å². The molecular weight excluding hydrogens is 438 g/mol. The van der Waals surface area contributed by atoms with Gasteiger partial charge in [-0.1, -0.05) is 50.3 Å². The summed E-state index contributed by atoms with van der Waals surface area (Å²) in [6.45, 7) is 9.60. The minimum absolute atomic E-state index is 0.0566. The molecule has 1 atom stereocenters. The number of hydrogen-bond donors (Lipinski definition) is 2. The monoisotopic (exact) mass is 473 g/mol. The van der Waals surface area contributed by atoms with E-state index in [1.165, 1.54) is 12.8 Å². The van der Waals surface area contributed by atoms with Crippen molar-refractivity contribution in [1.82, 2.24) is 14.9 Å². The standard InChI is InChI=1S/C28H35N5O2/c1-4-33(5-2)15-9-12-27(34)32-25-16-23-24(17-26(25)35-18-21-13-14-21)29-19-30-28(23)31-20(3)22-10-7-6-8-11-22/h6-12,16-17,19-21H,4-5,13-15,18H2,1-3H3,(H,32,34)(H,29,30,31)/b12-9+/t20-/m1/s1. The number of fused-ring (bicyclic) bond motifs is 1. The first-order valence-electron chi connectivity index (χ1n) is 12.5. The fourth-order valence-electron chi connectivity index (χ4n) is 3.90. The Morgan fingerprint density at radius 1 is 1.17 bits per heavy atom. The largest absolute Gasteiger partial charge is 0.491 e. The molecule has 0 spiro atoms. The Bertz CT molecular complexity index is 1160. The van der Waals surface area contributed by atoms with Gasteiger partial charge in [-0.2, -0.15) is 0 Å². The minimum atomic E-state index is -0.184. The molecule has 1 aliphatic carbocycles. The molecule has 1 aromatic heterocycles. The van der Waals surface area contributed by atoms with Gasteiger partial charge in [0.25, 0.3) is 0 Å². The molecule has 35 heavy (non-hydrogen) atoms. The number of rotatable bonds is 12. The Balaban J connectivity index is 1.59. The average molecular weight is 474 g/mol. The molecule has 0 unspecified atom stereocenters. The highest BCUT2D eigenvalue weighted by molar-refractivity contribution is 6.03. The van der Waals surface area contributed by atoms with Crippen LogP contribution in [0, 0.1) is 5.92 Å². The number of amides is 1. The summed E-state index contributed by atoms with van der Waals surface area (Å²) in [7, 11) is 0. The molecule has 1 saturated carbocycles. The molecule has 7 nitrogen and oxygen atoms in total. The van der Waals surface area contributed by atoms with Crippen molar-refractivity contribution < 1.29 is 9.53 Å². The van der Waals surface area contributed by atoms with Crippen molar-refractivity contribution in [3.05, 3.63) is 66.5 Å². The molecule has 7 heteroatoms. The van der Waals surface area contributed by atoms with E-state index in [-0.39, 0.29) is 11.9 Å². The second-order valence-electron chi connectivity index (χ2n) is 9.00. The molecule has 0 saturated heterocycles. The Morgan fingerprint density at radius 3 is 2.66 bits per heavy atom. The second-order valence-corrected chi connectivity index (χ2v) is 9.00. The number of nitrogens with one attached hydrogen (secondary N) is 2. The summed E-state index contributed by atoms with van der Waals surface area (Å²) in [5, 5.41) is 7.34. The Kier molecular flexibility index (Phi) is 8.32. The SMILES string of the molecule is CCN(CC)C/C=C/C(=O)Nc1cc2c(N[C@H](C)c3ccccc3)ncnc2cc1OCC1CC1. The van der Waals surface area contributed by atoms with E-state index in [4.69, 9.17) is 4.74 Å². The molecule has 2 aromatic carbocycles. The molecule has 3 aromatic rings. The number of carbonyl (C=O) groups is 1. The van der Waals surface area contributed by atoms with Crippen molar-refractivity contribution in [1.29, 1.82) is 0 Å². The van der Waals surface area contributed by atoms with Gasteiger partial charge < -0.3 is 20.3 Å². The van der Waals surface area contributed by atoms with Gasteiger partial charge in [0.05, 0.1) is 17.8 Å². The van der Waals surface area contributed by atoms with E-state index in [0.717, 1.165) is 36.1 Å². The zero-order chi connectivity index (χ0) is 24.6. The Labute approximate surface area is 207 Å². The van der Waals surface area contributed by atoms with Crippen LogP contribution in [0.2, 0.25) is 0 Å². The minimum Gasteiger partial charge on any atom is -0.491 e. The molecule has 1 fully saturated rings. The highest BCUT2D eigenvalue weighted by Crippen LogP contribution is 2.36. The lowest BCUT2D eigenvalue weighted by molar-refractivity contribution is -0.111. The number of nitrogens with zero attached hydrogens (tertiary/aromatic N) is 3. The zero-order valence-electron chi connectivity index (χ0n) is 20.8. The maximum absolute atomic E-state index is 12.7. The number of carbonyl (C=O) groups excluding carboxylic acids is 1. The summed E-state index contributed by atoms with van der Waals surface area (Å²) in [6, 6.07) is 14.1. The lowest BCUT2D eigenvalue weighted by Crippen LogP contribution is -2.23. The summed E-state index contributed by atoms with van der Waals surface area (Å²) in [5.41, 5.74) is 2.56. The first-order valence-corrected chi connectivity index (χ1v) is 12.5. The van der Waals surface area contributed by atoms with Gasteiger partial charge in [-0.15, -0.1) is 0 Å². The first kappa shape index (κ1) is 24.7. The third kappa shape index (κ3) is 6.79. The van der Waals surface area contributed by atoms with E-state index in [0.29, 0.717) is 29.8 Å². The van der Waals surface area contributed by atoms with Crippen LogP contribution >= 0.6 is 0 Å². The maximum Gasteiger partial charge on any atom is 0.248 e. The topological polar surface area (TPSA) is 79.4 Å². The maximum atomic E-state index is 12.7. The Hall–Kier alpha value is -3.45. The van der Waals surface area contributed by atoms with Gasteiger partial charge in [0.15, 0.2) is 0 Å². The van der Waals surface area contributed by atoms with E-state index in [2.05, 4.69) is 58.4 Å². The Morgan fingerprint density at radius 2 is 1.94 bits per heavy atom. The van der Waals surface area contributed by atoms with Crippen LogP contribution in [-0.2, 0) is 4.79 Å². The number of aromatic nitrogens is 2. The molecule has 1 aliphatic rings. The molecule has 0 aliphatic heterocycles. The van der Waals surface area contributed by atoms with Crippen LogP contribution in [0.4, 0.5) is 11.5 Å². The number of hydrogen-bond acceptors (Lipinski definition) is 6. The molecule has 1 heterocycles. The van der Waals surface area contributed by atoms with E-state index in [1.54, 1.807) is 12.4 Å². The number of ether oxygens (including phenoxy) is 1. The van der Waals surface area contributed by atoms with Crippen LogP contribution in [0.1, 0.15) is 45.2 Å². The fourth-order valence-corrected chi connectivity index (χ4v) is 3.90. The fraction of sp³-hybridized carbons (Fsp3) is 0.393.